The number of rotatable bonds is 9. The lowest BCUT2D eigenvalue weighted by molar-refractivity contribution is -0.131. The Hall–Kier alpha value is -4.21. The fourth-order valence-corrected chi connectivity index (χ4v) is 5.73. The van der Waals surface area contributed by atoms with Crippen molar-refractivity contribution in [2.45, 2.75) is 71.1 Å². The highest BCUT2D eigenvalue weighted by molar-refractivity contribution is 6.00. The summed E-state index contributed by atoms with van der Waals surface area (Å²) in [4.78, 5) is 43.7. The van der Waals surface area contributed by atoms with E-state index in [9.17, 15) is 19.5 Å². The van der Waals surface area contributed by atoms with E-state index in [0.717, 1.165) is 30.4 Å². The minimum Gasteiger partial charge on any atom is -0.490 e. The predicted octanol–water partition coefficient (Wildman–Crippen LogP) is 5.36. The van der Waals surface area contributed by atoms with E-state index in [0.29, 0.717) is 36.6 Å². The first kappa shape index (κ1) is 35.6. The molecular weight excluding hydrogens is 594 g/mol. The topological polar surface area (TPSA) is 108 Å². The van der Waals surface area contributed by atoms with E-state index < -0.39 is 6.04 Å². The number of carbonyl (C=O) groups is 3. The van der Waals surface area contributed by atoms with E-state index in [2.05, 4.69) is 5.32 Å². The lowest BCUT2D eigenvalue weighted by Crippen LogP contribution is -2.48. The zero-order valence-electron chi connectivity index (χ0n) is 28.1. The molecule has 1 heterocycles. The summed E-state index contributed by atoms with van der Waals surface area (Å²) in [6, 6.07) is 23.8. The molecule has 0 aromatic heterocycles. The number of likely N-dealkylation sites (N-methyl/N-ethyl adjacent to an activating group) is 1. The molecule has 0 saturated carbocycles. The number of ether oxygens (including phenoxy) is 2. The molecule has 0 aliphatic carbocycles. The molecular formula is C38H49N3O6. The lowest BCUT2D eigenvalue weighted by atomic mass is 10.0. The van der Waals surface area contributed by atoms with Gasteiger partial charge in [0.2, 0.25) is 11.8 Å². The first-order valence-electron chi connectivity index (χ1n) is 16.6. The number of amides is 3. The normalized spacial score (nSPS) is 19.9. The van der Waals surface area contributed by atoms with Crippen molar-refractivity contribution in [2.24, 2.45) is 5.92 Å². The molecule has 0 bridgehead atoms. The highest BCUT2D eigenvalue weighted by atomic mass is 16.5. The van der Waals surface area contributed by atoms with Gasteiger partial charge in [0.25, 0.3) is 5.91 Å². The molecule has 3 amide bonds. The number of nitrogens with zero attached hydrogens (tertiary/aromatic N) is 2. The summed E-state index contributed by atoms with van der Waals surface area (Å²) >= 11 is 0. The Morgan fingerprint density at radius 2 is 1.64 bits per heavy atom. The van der Waals surface area contributed by atoms with Crippen molar-refractivity contribution in [3.63, 3.8) is 0 Å². The molecule has 9 heteroatoms. The minimum atomic E-state index is -0.502. The van der Waals surface area contributed by atoms with Gasteiger partial charge in [-0.2, -0.15) is 0 Å². The largest absolute Gasteiger partial charge is 0.490 e. The Kier molecular flexibility index (Phi) is 13.4. The van der Waals surface area contributed by atoms with Gasteiger partial charge in [-0.1, -0.05) is 67.6 Å². The number of aliphatic hydroxyl groups is 1. The molecule has 0 spiro atoms. The van der Waals surface area contributed by atoms with Gasteiger partial charge in [0.1, 0.15) is 5.75 Å². The van der Waals surface area contributed by atoms with Gasteiger partial charge < -0.3 is 29.7 Å². The summed E-state index contributed by atoms with van der Waals surface area (Å²) in [5.41, 5.74) is 2.63. The smallest absolute Gasteiger partial charge is 0.258 e. The van der Waals surface area contributed by atoms with Gasteiger partial charge in [-0.05, 0) is 62.4 Å². The summed E-state index contributed by atoms with van der Waals surface area (Å²) in [6.45, 7) is 6.72. The molecule has 1 aliphatic heterocycles. The average Bonchev–Trinajstić information content (AvgIpc) is 3.06. The average molecular weight is 644 g/mol. The number of hydrogen-bond donors (Lipinski definition) is 2. The van der Waals surface area contributed by atoms with Gasteiger partial charge in [0.05, 0.1) is 43.3 Å². The third-order valence-electron chi connectivity index (χ3n) is 8.62. The van der Waals surface area contributed by atoms with Gasteiger partial charge in [0.15, 0.2) is 0 Å². The number of nitrogens with one attached hydrogen (secondary N) is 1. The molecule has 3 aromatic rings. The summed E-state index contributed by atoms with van der Waals surface area (Å²) in [6.07, 6.45) is 2.46. The number of fused-ring (bicyclic) bond motifs is 1. The van der Waals surface area contributed by atoms with Crippen LogP contribution in [0.5, 0.6) is 5.75 Å². The zero-order chi connectivity index (χ0) is 33.8. The quantitative estimate of drug-likeness (QED) is 0.325. The Balaban J connectivity index is 1.58. The molecule has 0 saturated heterocycles. The van der Waals surface area contributed by atoms with E-state index >= 15 is 0 Å². The van der Waals surface area contributed by atoms with Crippen LogP contribution < -0.4 is 10.1 Å². The molecule has 1 aliphatic rings. The highest BCUT2D eigenvalue weighted by Gasteiger charge is 2.31. The predicted molar refractivity (Wildman–Crippen MR) is 183 cm³/mol. The van der Waals surface area contributed by atoms with Crippen molar-refractivity contribution in [1.82, 2.24) is 9.80 Å². The van der Waals surface area contributed by atoms with Crippen LogP contribution in [0.15, 0.2) is 78.9 Å². The van der Waals surface area contributed by atoms with Gasteiger partial charge in [-0.15, -0.1) is 0 Å². The van der Waals surface area contributed by atoms with E-state index in [1.807, 2.05) is 74.5 Å². The first-order chi connectivity index (χ1) is 22.6. The Bertz CT molecular complexity index is 1450. The Morgan fingerprint density at radius 1 is 0.979 bits per heavy atom. The third-order valence-corrected chi connectivity index (χ3v) is 8.62. The van der Waals surface area contributed by atoms with Crippen molar-refractivity contribution < 1.29 is 29.0 Å². The monoisotopic (exact) mass is 643 g/mol. The van der Waals surface area contributed by atoms with Gasteiger partial charge in [-0.3, -0.25) is 14.4 Å². The van der Waals surface area contributed by atoms with Crippen LogP contribution in [-0.2, 0) is 27.2 Å². The summed E-state index contributed by atoms with van der Waals surface area (Å²) in [7, 11) is 1.79. The van der Waals surface area contributed by atoms with Gasteiger partial charge in [0, 0.05) is 38.3 Å². The van der Waals surface area contributed by atoms with Crippen LogP contribution in [0.1, 0.15) is 61.5 Å². The van der Waals surface area contributed by atoms with Crippen molar-refractivity contribution in [3.05, 3.63) is 95.6 Å². The Morgan fingerprint density at radius 3 is 2.30 bits per heavy atom. The number of hydrogen-bond acceptors (Lipinski definition) is 6. The molecule has 47 heavy (non-hydrogen) atoms. The molecule has 4 atom stereocenters. The SMILES string of the molecule is C[C@@H]1CN([C@H](C)CO)C(=O)c2cc(NC(=O)Cc3ccccc3)ccc2O[C@@H](C)CCCCO[C@@H]1CN(C)C(=O)Cc1ccccc1. The molecule has 2 N–H and O–H groups in total. The maximum absolute atomic E-state index is 14.3. The van der Waals surface area contributed by atoms with E-state index in [1.54, 1.807) is 42.0 Å². The maximum atomic E-state index is 14.3. The van der Waals surface area contributed by atoms with Crippen LogP contribution >= 0.6 is 0 Å². The van der Waals surface area contributed by atoms with Crippen LogP contribution in [0.2, 0.25) is 0 Å². The zero-order valence-corrected chi connectivity index (χ0v) is 28.1. The van der Waals surface area contributed by atoms with Crippen LogP contribution in [0.4, 0.5) is 5.69 Å². The van der Waals surface area contributed by atoms with Crippen molar-refractivity contribution >= 4 is 23.4 Å². The second kappa shape index (κ2) is 17.6. The van der Waals surface area contributed by atoms with Crippen LogP contribution in [0, 0.1) is 5.92 Å². The summed E-state index contributed by atoms with van der Waals surface area (Å²) in [5, 5.41) is 13.2. The number of aliphatic hydroxyl groups excluding tert-OH is 1. The molecule has 252 valence electrons. The molecule has 0 radical (unpaired) electrons. The molecule has 9 nitrogen and oxygen atoms in total. The van der Waals surface area contributed by atoms with Crippen molar-refractivity contribution in [3.8, 4) is 5.75 Å². The van der Waals surface area contributed by atoms with Gasteiger partial charge in [-0.25, -0.2) is 0 Å². The standard InChI is InChI=1S/C38H49N3O6/c1-27-24-41(28(2)26-42)38(45)33-23-32(39-36(43)21-30-14-7-5-8-15-30)18-19-34(33)47-29(3)13-11-12-20-46-35(27)25-40(4)37(44)22-31-16-9-6-10-17-31/h5-10,14-19,23,27-29,35,42H,11-13,20-22,24-26H2,1-4H3,(H,39,43)/t27-,28-,29+,35-/m1/s1. The van der Waals surface area contributed by atoms with Crippen molar-refractivity contribution in [2.75, 3.05) is 38.7 Å². The van der Waals surface area contributed by atoms with Crippen LogP contribution in [0.25, 0.3) is 0 Å². The maximum Gasteiger partial charge on any atom is 0.258 e. The number of anilines is 1. The molecule has 3 aromatic carbocycles. The summed E-state index contributed by atoms with van der Waals surface area (Å²) < 4.78 is 12.7. The van der Waals surface area contributed by atoms with Crippen molar-refractivity contribution in [1.29, 1.82) is 0 Å². The second-order valence-electron chi connectivity index (χ2n) is 12.7. The van der Waals surface area contributed by atoms with E-state index in [1.165, 1.54) is 0 Å². The lowest BCUT2D eigenvalue weighted by Gasteiger charge is -2.36. The minimum absolute atomic E-state index is 0.00944. The van der Waals surface area contributed by atoms with E-state index in [-0.39, 0.29) is 55.4 Å². The van der Waals surface area contributed by atoms with Crippen LogP contribution in [0.3, 0.4) is 0 Å². The fraction of sp³-hybridized carbons (Fsp3) is 0.447. The third kappa shape index (κ3) is 10.7. The Labute approximate surface area is 278 Å². The summed E-state index contributed by atoms with van der Waals surface area (Å²) in [5.74, 6) is -0.254. The number of carbonyl (C=O) groups excluding carboxylic acids is 3. The molecule has 4 rings (SSSR count). The molecule has 0 fully saturated rings. The van der Waals surface area contributed by atoms with Crippen LogP contribution in [-0.4, -0.2) is 84.2 Å². The second-order valence-corrected chi connectivity index (χ2v) is 12.7. The molecule has 0 unspecified atom stereocenters. The highest BCUT2D eigenvalue weighted by Crippen LogP contribution is 2.28. The van der Waals surface area contributed by atoms with Gasteiger partial charge >= 0.3 is 0 Å². The fourth-order valence-electron chi connectivity index (χ4n) is 5.73. The van der Waals surface area contributed by atoms with E-state index in [4.69, 9.17) is 9.47 Å². The number of benzene rings is 3. The first-order valence-corrected chi connectivity index (χ1v) is 16.6.